The average molecular weight is 303 g/mol. The minimum Gasteiger partial charge on any atom is -0.464 e. The summed E-state index contributed by atoms with van der Waals surface area (Å²) in [5.74, 6) is 3.20. The van der Waals surface area contributed by atoms with E-state index in [0.717, 1.165) is 42.0 Å². The molecule has 2 aromatic heterocycles. The van der Waals surface area contributed by atoms with E-state index in [0.29, 0.717) is 24.2 Å². The maximum atomic E-state index is 12.5. The van der Waals surface area contributed by atoms with Gasteiger partial charge in [0, 0.05) is 12.0 Å². The van der Waals surface area contributed by atoms with Gasteiger partial charge in [0.05, 0.1) is 24.5 Å². The van der Waals surface area contributed by atoms with Gasteiger partial charge in [0.2, 0.25) is 0 Å². The van der Waals surface area contributed by atoms with Gasteiger partial charge in [-0.1, -0.05) is 6.92 Å². The molecule has 2 saturated carbocycles. The molecule has 2 aliphatic carbocycles. The van der Waals surface area contributed by atoms with Crippen molar-refractivity contribution in [1.29, 1.82) is 0 Å². The number of carbonyl (C=O) groups is 1. The molecule has 1 amide bonds. The van der Waals surface area contributed by atoms with Gasteiger partial charge < -0.3 is 9.32 Å². The van der Waals surface area contributed by atoms with Crippen molar-refractivity contribution in [3.63, 3.8) is 0 Å². The molecule has 0 bridgehead atoms. The van der Waals surface area contributed by atoms with Crippen molar-refractivity contribution in [2.24, 2.45) is 5.92 Å². The highest BCUT2D eigenvalue weighted by atomic mass is 32.1. The van der Waals surface area contributed by atoms with Crippen LogP contribution in [0.25, 0.3) is 0 Å². The van der Waals surface area contributed by atoms with Crippen molar-refractivity contribution in [1.82, 2.24) is 13.6 Å². The van der Waals surface area contributed by atoms with Crippen LogP contribution in [0.4, 0.5) is 0 Å². The molecule has 2 atom stereocenters. The Labute approximate surface area is 127 Å². The summed E-state index contributed by atoms with van der Waals surface area (Å²) in [6.07, 6.45) is 4.89. The standard InChI is InChI=1S/C15H17N3O2S/c1-9-6-12(9)14-5-4-11(20-14)8-18(10-2-3-10)15(19)13-7-16-21-17-13/h4-5,7,9-10,12H,2-3,6,8H2,1H3/t9-,12+/m1/s1. The number of furan rings is 1. The Hall–Kier alpha value is -1.69. The normalized spacial score (nSPS) is 24.0. The van der Waals surface area contributed by atoms with Crippen molar-refractivity contribution >= 4 is 17.6 Å². The Kier molecular flexibility index (Phi) is 3.06. The number of carbonyl (C=O) groups excluding carboxylic acids is 1. The summed E-state index contributed by atoms with van der Waals surface area (Å²) < 4.78 is 13.9. The maximum Gasteiger partial charge on any atom is 0.275 e. The molecule has 21 heavy (non-hydrogen) atoms. The minimum atomic E-state index is -0.0380. The van der Waals surface area contributed by atoms with Crippen LogP contribution >= 0.6 is 11.7 Å². The number of nitrogens with zero attached hydrogens (tertiary/aromatic N) is 3. The lowest BCUT2D eigenvalue weighted by Gasteiger charge is -2.19. The monoisotopic (exact) mass is 303 g/mol. The predicted molar refractivity (Wildman–Crippen MR) is 78.0 cm³/mol. The second-order valence-electron chi connectivity index (χ2n) is 6.08. The summed E-state index contributed by atoms with van der Waals surface area (Å²) in [5.41, 5.74) is 0.439. The molecule has 5 nitrogen and oxygen atoms in total. The zero-order valence-electron chi connectivity index (χ0n) is 11.9. The molecule has 0 unspecified atom stereocenters. The van der Waals surface area contributed by atoms with Gasteiger partial charge in [0.15, 0.2) is 5.69 Å². The SMILES string of the molecule is C[C@@H]1C[C@@H]1c1ccc(CN(C(=O)c2cnsn2)C2CC2)o1. The lowest BCUT2D eigenvalue weighted by Crippen LogP contribution is -2.32. The fourth-order valence-electron chi connectivity index (χ4n) is 2.72. The van der Waals surface area contributed by atoms with E-state index >= 15 is 0 Å². The zero-order valence-corrected chi connectivity index (χ0v) is 12.7. The van der Waals surface area contributed by atoms with Crippen LogP contribution in [-0.2, 0) is 6.54 Å². The summed E-state index contributed by atoms with van der Waals surface area (Å²) in [6, 6.07) is 4.39. The van der Waals surface area contributed by atoms with Crippen LogP contribution in [0.15, 0.2) is 22.7 Å². The van der Waals surface area contributed by atoms with Gasteiger partial charge in [-0.15, -0.1) is 0 Å². The Morgan fingerprint density at radius 3 is 2.90 bits per heavy atom. The molecule has 2 aromatic rings. The molecule has 2 aliphatic rings. The summed E-state index contributed by atoms with van der Waals surface area (Å²) in [7, 11) is 0. The molecular weight excluding hydrogens is 286 g/mol. The van der Waals surface area contributed by atoms with Crippen molar-refractivity contribution in [2.45, 2.75) is 44.7 Å². The van der Waals surface area contributed by atoms with Crippen LogP contribution in [0.2, 0.25) is 0 Å². The third-order valence-corrected chi connectivity index (χ3v) is 4.79. The van der Waals surface area contributed by atoms with Crippen molar-refractivity contribution in [2.75, 3.05) is 0 Å². The van der Waals surface area contributed by atoms with Crippen LogP contribution in [0.5, 0.6) is 0 Å². The van der Waals surface area contributed by atoms with Gasteiger partial charge in [0.1, 0.15) is 11.5 Å². The molecule has 0 radical (unpaired) electrons. The molecule has 0 aromatic carbocycles. The molecule has 2 heterocycles. The van der Waals surface area contributed by atoms with Crippen LogP contribution < -0.4 is 0 Å². The van der Waals surface area contributed by atoms with Gasteiger partial charge >= 0.3 is 0 Å². The van der Waals surface area contributed by atoms with E-state index in [-0.39, 0.29) is 5.91 Å². The summed E-state index contributed by atoms with van der Waals surface area (Å²) >= 11 is 1.07. The summed E-state index contributed by atoms with van der Waals surface area (Å²) in [6.45, 7) is 2.77. The lowest BCUT2D eigenvalue weighted by atomic mass is 10.3. The third kappa shape index (κ3) is 2.60. The van der Waals surface area contributed by atoms with E-state index in [4.69, 9.17) is 4.42 Å². The molecule has 2 fully saturated rings. The van der Waals surface area contributed by atoms with Crippen molar-refractivity contribution in [3.8, 4) is 0 Å². The summed E-state index contributed by atoms with van der Waals surface area (Å²) in [4.78, 5) is 14.4. The first-order valence-electron chi connectivity index (χ1n) is 7.39. The first kappa shape index (κ1) is 13.0. The molecule has 4 rings (SSSR count). The molecule has 6 heteroatoms. The molecule has 0 saturated heterocycles. The Morgan fingerprint density at radius 2 is 2.29 bits per heavy atom. The fraction of sp³-hybridized carbons (Fsp3) is 0.533. The first-order valence-corrected chi connectivity index (χ1v) is 8.12. The second kappa shape index (κ2) is 4.94. The van der Waals surface area contributed by atoms with Crippen LogP contribution in [0, 0.1) is 5.92 Å². The van der Waals surface area contributed by atoms with E-state index in [1.54, 1.807) is 6.20 Å². The van der Waals surface area contributed by atoms with E-state index in [1.165, 1.54) is 6.42 Å². The van der Waals surface area contributed by atoms with Gasteiger partial charge in [-0.25, -0.2) is 0 Å². The Bertz CT molecular complexity index is 648. The van der Waals surface area contributed by atoms with E-state index in [1.807, 2.05) is 11.0 Å². The van der Waals surface area contributed by atoms with E-state index in [9.17, 15) is 4.79 Å². The van der Waals surface area contributed by atoms with Crippen LogP contribution in [0.3, 0.4) is 0 Å². The highest BCUT2D eigenvalue weighted by Crippen LogP contribution is 2.47. The quantitative estimate of drug-likeness (QED) is 0.851. The largest absolute Gasteiger partial charge is 0.464 e. The smallest absolute Gasteiger partial charge is 0.275 e. The highest BCUT2D eigenvalue weighted by Gasteiger charge is 2.38. The predicted octanol–water partition coefficient (Wildman–Crippen LogP) is 3.06. The molecule has 110 valence electrons. The van der Waals surface area contributed by atoms with Gasteiger partial charge in [-0.05, 0) is 37.3 Å². The van der Waals surface area contributed by atoms with Crippen LogP contribution in [0.1, 0.15) is 54.1 Å². The first-order chi connectivity index (χ1) is 10.2. The topological polar surface area (TPSA) is 59.2 Å². The number of aromatic nitrogens is 2. The molecule has 0 spiro atoms. The Morgan fingerprint density at radius 1 is 1.48 bits per heavy atom. The Balaban J connectivity index is 1.50. The summed E-state index contributed by atoms with van der Waals surface area (Å²) in [5, 5.41) is 0. The third-order valence-electron chi connectivity index (χ3n) is 4.31. The van der Waals surface area contributed by atoms with Gasteiger partial charge in [-0.3, -0.25) is 4.79 Å². The van der Waals surface area contributed by atoms with Crippen LogP contribution in [-0.4, -0.2) is 25.6 Å². The zero-order chi connectivity index (χ0) is 14.4. The fourth-order valence-corrected chi connectivity index (χ4v) is 3.13. The number of hydrogen-bond donors (Lipinski definition) is 0. The number of amides is 1. The van der Waals surface area contributed by atoms with Gasteiger partial charge in [0.25, 0.3) is 5.91 Å². The lowest BCUT2D eigenvalue weighted by molar-refractivity contribution is 0.0712. The van der Waals surface area contributed by atoms with E-state index < -0.39 is 0 Å². The highest BCUT2D eigenvalue weighted by molar-refractivity contribution is 6.99. The number of rotatable bonds is 5. The average Bonchev–Trinajstić information content (AvgIpc) is 3.32. The maximum absolute atomic E-state index is 12.5. The van der Waals surface area contributed by atoms with Gasteiger partial charge in [-0.2, -0.15) is 8.75 Å². The number of hydrogen-bond acceptors (Lipinski definition) is 5. The minimum absolute atomic E-state index is 0.0380. The molecular formula is C15H17N3O2S. The second-order valence-corrected chi connectivity index (χ2v) is 6.64. The molecule has 0 N–H and O–H groups in total. The van der Waals surface area contributed by atoms with E-state index in [2.05, 4.69) is 21.7 Å². The van der Waals surface area contributed by atoms with Crippen molar-refractivity contribution in [3.05, 3.63) is 35.5 Å². The molecule has 0 aliphatic heterocycles. The van der Waals surface area contributed by atoms with Crippen molar-refractivity contribution < 1.29 is 9.21 Å².